The lowest BCUT2D eigenvalue weighted by Crippen LogP contribution is -2.57. The van der Waals surface area contributed by atoms with E-state index < -0.39 is 40.2 Å². The van der Waals surface area contributed by atoms with Crippen LogP contribution in [0.15, 0.2) is 29.2 Å². The van der Waals surface area contributed by atoms with Gasteiger partial charge in [-0.2, -0.15) is 0 Å². The molecule has 0 atom stereocenters. The molecule has 9 nitrogen and oxygen atoms in total. The Balaban J connectivity index is 1.95. The summed E-state index contributed by atoms with van der Waals surface area (Å²) in [7, 11) is 1.49. The van der Waals surface area contributed by atoms with E-state index in [0.717, 1.165) is 6.07 Å². The number of rotatable bonds is 7. The highest BCUT2D eigenvalue weighted by molar-refractivity contribution is 5.99. The summed E-state index contributed by atoms with van der Waals surface area (Å²) < 4.78 is 33.2. The molecule has 1 aromatic carbocycles. The molecule has 0 bridgehead atoms. The van der Waals surface area contributed by atoms with Crippen molar-refractivity contribution < 1.29 is 28.2 Å². The number of aromatic hydroxyl groups is 1. The van der Waals surface area contributed by atoms with E-state index in [-0.39, 0.29) is 43.7 Å². The Morgan fingerprint density at radius 2 is 2.00 bits per heavy atom. The van der Waals surface area contributed by atoms with Crippen LogP contribution in [-0.4, -0.2) is 59.5 Å². The summed E-state index contributed by atoms with van der Waals surface area (Å²) in [5.74, 6) is -3.91. The molecule has 2 heterocycles. The number of nitrogens with zero attached hydrogens (tertiary/aromatic N) is 3. The first-order valence-corrected chi connectivity index (χ1v) is 9.91. The number of fused-ring (bicyclic) bond motifs is 1. The van der Waals surface area contributed by atoms with Crippen LogP contribution in [0.25, 0.3) is 0 Å². The number of methoxy groups -OCH3 is 1. The van der Waals surface area contributed by atoms with Crippen LogP contribution in [0.5, 0.6) is 5.75 Å². The largest absolute Gasteiger partial charge is 0.502 e. The van der Waals surface area contributed by atoms with Gasteiger partial charge in [0.25, 0.3) is 11.8 Å². The third kappa shape index (κ3) is 4.42. The molecule has 11 heteroatoms. The highest BCUT2D eigenvalue weighted by Crippen LogP contribution is 2.22. The summed E-state index contributed by atoms with van der Waals surface area (Å²) in [6, 6.07) is 2.75. The van der Waals surface area contributed by atoms with Crippen molar-refractivity contribution in [1.29, 1.82) is 0 Å². The van der Waals surface area contributed by atoms with Crippen LogP contribution in [0.3, 0.4) is 0 Å². The van der Waals surface area contributed by atoms with E-state index in [0.29, 0.717) is 6.07 Å². The summed E-state index contributed by atoms with van der Waals surface area (Å²) in [5.41, 5.74) is -1.68. The van der Waals surface area contributed by atoms with Gasteiger partial charge in [-0.15, -0.1) is 0 Å². The van der Waals surface area contributed by atoms with Crippen molar-refractivity contribution in [1.82, 2.24) is 14.9 Å². The van der Waals surface area contributed by atoms with Gasteiger partial charge < -0.3 is 20.1 Å². The number of carbonyl (C=O) groups is 2. The van der Waals surface area contributed by atoms with E-state index >= 15 is 0 Å². The lowest BCUT2D eigenvalue weighted by molar-refractivity contribution is 0.0613. The first-order valence-electron chi connectivity index (χ1n) is 9.91. The fraction of sp³-hybridized carbons (Fsp3) is 0.381. The standard InChI is InChI=1S/C21H24F2N4O5/c1-12(2)27-11-25(6-7-32-3)21(31)17-19(29)18(28)15(10-26(17)27)20(30)24-9-13-4-5-14(22)8-16(13)23/h4-5,8,10,12,29H,6-7,9,11H2,1-3H3,(H,24,30). The van der Waals surface area contributed by atoms with Crippen molar-refractivity contribution in [3.05, 3.63) is 63.1 Å². The van der Waals surface area contributed by atoms with E-state index in [1.165, 1.54) is 28.9 Å². The van der Waals surface area contributed by atoms with Crippen LogP contribution in [0.4, 0.5) is 8.78 Å². The molecule has 0 fully saturated rings. The zero-order valence-electron chi connectivity index (χ0n) is 17.9. The minimum absolute atomic E-state index is 0.0230. The SMILES string of the molecule is COCCN1CN(C(C)C)n2cc(C(=O)NCc3ccc(F)cc3F)c(=O)c(O)c2C1=O. The normalized spacial score (nSPS) is 13.5. The second kappa shape index (κ2) is 9.35. The average molecular weight is 450 g/mol. The quantitative estimate of drug-likeness (QED) is 0.656. The van der Waals surface area contributed by atoms with Gasteiger partial charge in [0, 0.05) is 44.1 Å². The number of hydrogen-bond acceptors (Lipinski definition) is 6. The molecular weight excluding hydrogens is 426 g/mol. The van der Waals surface area contributed by atoms with E-state index in [1.807, 2.05) is 13.8 Å². The Morgan fingerprint density at radius 1 is 1.28 bits per heavy atom. The lowest BCUT2D eigenvalue weighted by atomic mass is 10.1. The molecule has 1 aliphatic rings. The molecule has 2 aromatic rings. The van der Waals surface area contributed by atoms with E-state index in [4.69, 9.17) is 4.74 Å². The third-order valence-electron chi connectivity index (χ3n) is 5.11. The Kier molecular flexibility index (Phi) is 6.78. The third-order valence-corrected chi connectivity index (χ3v) is 5.11. The second-order valence-corrected chi connectivity index (χ2v) is 7.57. The number of hydrogen-bond donors (Lipinski definition) is 2. The Morgan fingerprint density at radius 3 is 2.62 bits per heavy atom. The molecule has 0 saturated heterocycles. The number of aromatic nitrogens is 1. The molecule has 32 heavy (non-hydrogen) atoms. The van der Waals surface area contributed by atoms with Gasteiger partial charge in [0.2, 0.25) is 5.43 Å². The number of benzene rings is 1. The molecule has 1 aliphatic heterocycles. The van der Waals surface area contributed by atoms with Crippen molar-refractivity contribution in [2.75, 3.05) is 31.9 Å². The number of amides is 2. The fourth-order valence-corrected chi connectivity index (χ4v) is 3.33. The van der Waals surface area contributed by atoms with Gasteiger partial charge in [0.05, 0.1) is 6.61 Å². The first-order chi connectivity index (χ1) is 15.1. The summed E-state index contributed by atoms with van der Waals surface area (Å²) in [6.45, 7) is 4.06. The minimum Gasteiger partial charge on any atom is -0.502 e. The van der Waals surface area contributed by atoms with Gasteiger partial charge in [-0.3, -0.25) is 24.1 Å². The molecule has 1 aromatic heterocycles. The summed E-state index contributed by atoms with van der Waals surface area (Å²) >= 11 is 0. The number of pyridine rings is 1. The fourth-order valence-electron chi connectivity index (χ4n) is 3.33. The summed E-state index contributed by atoms with van der Waals surface area (Å²) in [6.07, 6.45) is 1.18. The van der Waals surface area contributed by atoms with Crippen LogP contribution in [0, 0.1) is 11.6 Å². The maximum absolute atomic E-state index is 13.8. The van der Waals surface area contributed by atoms with E-state index in [1.54, 1.807) is 5.01 Å². The van der Waals surface area contributed by atoms with Gasteiger partial charge in [-0.1, -0.05) is 6.07 Å². The topological polar surface area (TPSA) is 104 Å². The highest BCUT2D eigenvalue weighted by atomic mass is 19.1. The lowest BCUT2D eigenvalue weighted by Gasteiger charge is -2.41. The Bertz CT molecular complexity index is 1100. The van der Waals surface area contributed by atoms with Crippen molar-refractivity contribution in [2.45, 2.75) is 26.4 Å². The zero-order chi connectivity index (χ0) is 23.6. The smallest absolute Gasteiger partial charge is 0.277 e. The maximum Gasteiger partial charge on any atom is 0.277 e. The van der Waals surface area contributed by atoms with Gasteiger partial charge >= 0.3 is 0 Å². The molecular formula is C21H24F2N4O5. The molecule has 2 N–H and O–H groups in total. The van der Waals surface area contributed by atoms with Crippen molar-refractivity contribution >= 4 is 11.8 Å². The van der Waals surface area contributed by atoms with Gasteiger partial charge in [-0.25, -0.2) is 8.78 Å². The number of halogens is 2. The first kappa shape index (κ1) is 23.2. The summed E-state index contributed by atoms with van der Waals surface area (Å²) in [4.78, 5) is 39.6. The van der Waals surface area contributed by atoms with Crippen LogP contribution >= 0.6 is 0 Å². The molecule has 0 unspecified atom stereocenters. The predicted molar refractivity (Wildman–Crippen MR) is 111 cm³/mol. The molecule has 0 saturated carbocycles. The van der Waals surface area contributed by atoms with Gasteiger partial charge in [-0.05, 0) is 19.9 Å². The summed E-state index contributed by atoms with van der Waals surface area (Å²) in [5, 5.41) is 14.6. The van der Waals surface area contributed by atoms with Crippen LogP contribution < -0.4 is 15.8 Å². The Labute approximate surface area is 182 Å². The highest BCUT2D eigenvalue weighted by Gasteiger charge is 2.35. The predicted octanol–water partition coefficient (Wildman–Crippen LogP) is 1.17. The number of carbonyl (C=O) groups excluding carboxylic acids is 2. The van der Waals surface area contributed by atoms with Crippen molar-refractivity contribution in [2.24, 2.45) is 0 Å². The van der Waals surface area contributed by atoms with E-state index in [9.17, 15) is 28.3 Å². The number of nitrogens with one attached hydrogen (secondary N) is 1. The molecule has 2 amide bonds. The molecule has 0 radical (unpaired) electrons. The van der Waals surface area contributed by atoms with Gasteiger partial charge in [0.15, 0.2) is 11.4 Å². The second-order valence-electron chi connectivity index (χ2n) is 7.57. The van der Waals surface area contributed by atoms with Crippen LogP contribution in [0.2, 0.25) is 0 Å². The van der Waals surface area contributed by atoms with Crippen LogP contribution in [0.1, 0.15) is 40.3 Å². The molecule has 3 rings (SSSR count). The minimum atomic E-state index is -1.03. The van der Waals surface area contributed by atoms with Crippen molar-refractivity contribution in [3.63, 3.8) is 0 Å². The maximum atomic E-state index is 13.8. The van der Waals surface area contributed by atoms with Crippen LogP contribution in [-0.2, 0) is 11.3 Å². The molecule has 172 valence electrons. The van der Waals surface area contributed by atoms with Crippen molar-refractivity contribution in [3.8, 4) is 5.75 Å². The monoisotopic (exact) mass is 450 g/mol. The molecule has 0 spiro atoms. The Hall–Kier alpha value is -3.47. The van der Waals surface area contributed by atoms with E-state index in [2.05, 4.69) is 5.32 Å². The number of ether oxygens (including phenoxy) is 1. The zero-order valence-corrected chi connectivity index (χ0v) is 17.9. The average Bonchev–Trinajstić information content (AvgIpc) is 2.74. The molecule has 0 aliphatic carbocycles. The van der Waals surface area contributed by atoms with Gasteiger partial charge in [0.1, 0.15) is 23.9 Å².